The molecular weight excluding hydrogens is 257 g/mol. The van der Waals surface area contributed by atoms with Crippen LogP contribution in [-0.4, -0.2) is 11.0 Å². The topological polar surface area (TPSA) is 49.3 Å². The first-order valence-corrected chi connectivity index (χ1v) is 6.47. The molecule has 0 atom stereocenters. The average molecular weight is 271 g/mol. The van der Waals surface area contributed by atoms with Gasteiger partial charge in [-0.25, -0.2) is 4.39 Å². The van der Waals surface area contributed by atoms with Crippen LogP contribution in [-0.2, 0) is 10.2 Å². The smallest absolute Gasteiger partial charge is 0.235 e. The molecular formula is C16H14FNO2. The SMILES string of the molecule is O=C(Nc1ccc(O)cc1)C1(c2ccccc2F)CC1. The summed E-state index contributed by atoms with van der Waals surface area (Å²) in [4.78, 5) is 12.4. The van der Waals surface area contributed by atoms with Crippen LogP contribution < -0.4 is 5.32 Å². The predicted molar refractivity (Wildman–Crippen MR) is 74.0 cm³/mol. The van der Waals surface area contributed by atoms with Gasteiger partial charge in [0.25, 0.3) is 0 Å². The number of amides is 1. The zero-order valence-corrected chi connectivity index (χ0v) is 10.8. The van der Waals surface area contributed by atoms with Crippen LogP contribution in [0.15, 0.2) is 48.5 Å². The maximum absolute atomic E-state index is 13.9. The molecule has 3 nitrogen and oxygen atoms in total. The molecule has 0 heterocycles. The lowest BCUT2D eigenvalue weighted by atomic mass is 9.94. The van der Waals surface area contributed by atoms with E-state index in [1.165, 1.54) is 18.2 Å². The van der Waals surface area contributed by atoms with E-state index in [9.17, 15) is 14.3 Å². The number of hydrogen-bond donors (Lipinski definition) is 2. The first-order chi connectivity index (χ1) is 9.62. The molecule has 20 heavy (non-hydrogen) atoms. The second-order valence-electron chi connectivity index (χ2n) is 5.06. The number of phenols is 1. The van der Waals surface area contributed by atoms with Crippen molar-refractivity contribution < 1.29 is 14.3 Å². The molecule has 0 unspecified atom stereocenters. The summed E-state index contributed by atoms with van der Waals surface area (Å²) in [6.07, 6.45) is 1.30. The molecule has 0 radical (unpaired) electrons. The van der Waals surface area contributed by atoms with Gasteiger partial charge in [0.2, 0.25) is 5.91 Å². The Hall–Kier alpha value is -2.36. The van der Waals surface area contributed by atoms with Crippen molar-refractivity contribution in [3.8, 4) is 5.75 Å². The van der Waals surface area contributed by atoms with Gasteiger partial charge in [0.15, 0.2) is 0 Å². The van der Waals surface area contributed by atoms with Crippen molar-refractivity contribution in [3.05, 3.63) is 59.9 Å². The van der Waals surface area contributed by atoms with Gasteiger partial charge < -0.3 is 10.4 Å². The number of aromatic hydroxyl groups is 1. The first-order valence-electron chi connectivity index (χ1n) is 6.47. The number of carbonyl (C=O) groups is 1. The predicted octanol–water partition coefficient (Wildman–Crippen LogP) is 3.20. The quantitative estimate of drug-likeness (QED) is 0.842. The number of phenolic OH excluding ortho intramolecular Hbond substituents is 1. The normalized spacial score (nSPS) is 15.7. The highest BCUT2D eigenvalue weighted by molar-refractivity contribution is 6.01. The minimum atomic E-state index is -0.747. The number of benzene rings is 2. The summed E-state index contributed by atoms with van der Waals surface area (Å²) in [6, 6.07) is 12.6. The lowest BCUT2D eigenvalue weighted by Crippen LogP contribution is -2.28. The largest absolute Gasteiger partial charge is 0.508 e. The summed E-state index contributed by atoms with van der Waals surface area (Å²) in [7, 11) is 0. The van der Waals surface area contributed by atoms with E-state index in [4.69, 9.17) is 0 Å². The lowest BCUT2D eigenvalue weighted by molar-refractivity contribution is -0.118. The van der Waals surface area contributed by atoms with E-state index in [-0.39, 0.29) is 17.5 Å². The average Bonchev–Trinajstić information content (AvgIpc) is 3.23. The van der Waals surface area contributed by atoms with Gasteiger partial charge in [0.05, 0.1) is 5.41 Å². The van der Waals surface area contributed by atoms with Crippen LogP contribution in [0.1, 0.15) is 18.4 Å². The molecule has 2 aromatic rings. The number of hydrogen-bond acceptors (Lipinski definition) is 2. The highest BCUT2D eigenvalue weighted by Crippen LogP contribution is 2.49. The van der Waals surface area contributed by atoms with Crippen LogP contribution in [0.3, 0.4) is 0 Å². The second kappa shape index (κ2) is 4.63. The van der Waals surface area contributed by atoms with Crippen molar-refractivity contribution in [1.82, 2.24) is 0 Å². The maximum Gasteiger partial charge on any atom is 0.235 e. The van der Waals surface area contributed by atoms with Crippen LogP contribution in [0.4, 0.5) is 10.1 Å². The molecule has 1 amide bonds. The standard InChI is InChI=1S/C16H14FNO2/c17-14-4-2-1-3-13(14)16(9-10-16)15(20)18-11-5-7-12(19)8-6-11/h1-8,19H,9-10H2,(H,18,20). The van der Waals surface area contributed by atoms with Crippen LogP contribution in [0.5, 0.6) is 5.75 Å². The summed E-state index contributed by atoms with van der Waals surface area (Å²) in [5.74, 6) is -0.405. The fourth-order valence-corrected chi connectivity index (χ4v) is 2.39. The zero-order valence-electron chi connectivity index (χ0n) is 10.8. The van der Waals surface area contributed by atoms with Crippen molar-refractivity contribution >= 4 is 11.6 Å². The number of rotatable bonds is 3. The van der Waals surface area contributed by atoms with Gasteiger partial charge in [0, 0.05) is 11.3 Å². The zero-order chi connectivity index (χ0) is 14.2. The molecule has 102 valence electrons. The van der Waals surface area contributed by atoms with Crippen LogP contribution in [0, 0.1) is 5.82 Å². The molecule has 1 saturated carbocycles. The summed E-state index contributed by atoms with van der Waals surface area (Å²) < 4.78 is 13.9. The third-order valence-corrected chi connectivity index (χ3v) is 3.70. The molecule has 1 aliphatic carbocycles. The lowest BCUT2D eigenvalue weighted by Gasteiger charge is -2.16. The van der Waals surface area contributed by atoms with Gasteiger partial charge in [-0.2, -0.15) is 0 Å². The number of carbonyl (C=O) groups excluding carboxylic acids is 1. The Bertz CT molecular complexity index is 648. The molecule has 3 rings (SSSR count). The fourth-order valence-electron chi connectivity index (χ4n) is 2.39. The highest BCUT2D eigenvalue weighted by Gasteiger charge is 2.52. The van der Waals surface area contributed by atoms with E-state index >= 15 is 0 Å². The number of anilines is 1. The minimum absolute atomic E-state index is 0.137. The van der Waals surface area contributed by atoms with Crippen molar-refractivity contribution in [3.63, 3.8) is 0 Å². The number of halogens is 1. The summed E-state index contributed by atoms with van der Waals surface area (Å²) in [5.41, 5.74) is 0.301. The van der Waals surface area contributed by atoms with Gasteiger partial charge in [-0.1, -0.05) is 18.2 Å². The van der Waals surface area contributed by atoms with Crippen LogP contribution in [0.25, 0.3) is 0 Å². The molecule has 1 fully saturated rings. The van der Waals surface area contributed by atoms with Crippen molar-refractivity contribution in [2.24, 2.45) is 0 Å². The van der Waals surface area contributed by atoms with Gasteiger partial charge in [-0.05, 0) is 43.2 Å². The fraction of sp³-hybridized carbons (Fsp3) is 0.188. The third kappa shape index (κ3) is 2.13. The minimum Gasteiger partial charge on any atom is -0.508 e. The maximum atomic E-state index is 13.9. The Morgan fingerprint density at radius 1 is 1.10 bits per heavy atom. The Morgan fingerprint density at radius 3 is 2.35 bits per heavy atom. The Morgan fingerprint density at radius 2 is 1.75 bits per heavy atom. The monoisotopic (exact) mass is 271 g/mol. The van der Waals surface area contributed by atoms with Crippen molar-refractivity contribution in [2.45, 2.75) is 18.3 Å². The molecule has 0 saturated heterocycles. The summed E-state index contributed by atoms with van der Waals surface area (Å²) >= 11 is 0. The number of nitrogens with one attached hydrogen (secondary N) is 1. The first kappa shape index (κ1) is 12.7. The van der Waals surface area contributed by atoms with E-state index in [0.717, 1.165) is 0 Å². The van der Waals surface area contributed by atoms with Crippen LogP contribution >= 0.6 is 0 Å². The molecule has 2 N–H and O–H groups in total. The Labute approximate surface area is 116 Å². The van der Waals surface area contributed by atoms with Gasteiger partial charge in [-0.15, -0.1) is 0 Å². The summed E-state index contributed by atoms with van der Waals surface area (Å²) in [6.45, 7) is 0. The molecule has 0 aromatic heterocycles. The van der Waals surface area contributed by atoms with E-state index in [1.807, 2.05) is 0 Å². The van der Waals surface area contributed by atoms with E-state index < -0.39 is 5.41 Å². The van der Waals surface area contributed by atoms with E-state index in [0.29, 0.717) is 24.1 Å². The van der Waals surface area contributed by atoms with Crippen molar-refractivity contribution in [1.29, 1.82) is 0 Å². The molecule has 1 aliphatic rings. The van der Waals surface area contributed by atoms with Crippen LogP contribution in [0.2, 0.25) is 0 Å². The molecule has 0 spiro atoms. The molecule has 4 heteroatoms. The third-order valence-electron chi connectivity index (χ3n) is 3.70. The molecule has 2 aromatic carbocycles. The van der Waals surface area contributed by atoms with E-state index in [1.54, 1.807) is 30.3 Å². The van der Waals surface area contributed by atoms with Gasteiger partial charge in [0.1, 0.15) is 11.6 Å². The second-order valence-corrected chi connectivity index (χ2v) is 5.06. The van der Waals surface area contributed by atoms with E-state index in [2.05, 4.69) is 5.32 Å². The Balaban J connectivity index is 1.84. The molecule has 0 aliphatic heterocycles. The summed E-state index contributed by atoms with van der Waals surface area (Å²) in [5, 5.41) is 12.0. The highest BCUT2D eigenvalue weighted by atomic mass is 19.1. The Kier molecular flexibility index (Phi) is 2.93. The van der Waals surface area contributed by atoms with Gasteiger partial charge >= 0.3 is 0 Å². The molecule has 0 bridgehead atoms. The van der Waals surface area contributed by atoms with Gasteiger partial charge in [-0.3, -0.25) is 4.79 Å². The van der Waals surface area contributed by atoms with Crippen molar-refractivity contribution in [2.75, 3.05) is 5.32 Å².